The van der Waals surface area contributed by atoms with Gasteiger partial charge in [0, 0.05) is 51.9 Å². The van der Waals surface area contributed by atoms with E-state index in [9.17, 15) is 4.79 Å². The van der Waals surface area contributed by atoms with Crippen molar-refractivity contribution in [2.24, 2.45) is 0 Å². The molecule has 0 radical (unpaired) electrons. The quantitative estimate of drug-likeness (QED) is 0.878. The van der Waals surface area contributed by atoms with E-state index in [1.807, 2.05) is 13.2 Å². The first-order chi connectivity index (χ1) is 9.26. The van der Waals surface area contributed by atoms with Crippen molar-refractivity contribution in [3.63, 3.8) is 0 Å². The highest BCUT2D eigenvalue weighted by atomic mass is 16.2. The zero-order valence-electron chi connectivity index (χ0n) is 11.3. The summed E-state index contributed by atoms with van der Waals surface area (Å²) in [6.07, 6.45) is 3.60. The first-order valence-electron chi connectivity index (χ1n) is 6.91. The predicted octanol–water partition coefficient (Wildman–Crippen LogP) is 0.930. The van der Waals surface area contributed by atoms with Crippen LogP contribution in [0.25, 0.3) is 0 Å². The number of hydrogen-bond donors (Lipinski definition) is 1. The number of carbonyl (C=O) groups is 1. The summed E-state index contributed by atoms with van der Waals surface area (Å²) in [6.45, 7) is 3.80. The molecule has 19 heavy (non-hydrogen) atoms. The highest BCUT2D eigenvalue weighted by molar-refractivity contribution is 5.78. The fourth-order valence-corrected chi connectivity index (χ4v) is 3.04. The van der Waals surface area contributed by atoms with Gasteiger partial charge < -0.3 is 10.2 Å². The minimum atomic E-state index is 0.339. The van der Waals surface area contributed by atoms with E-state index in [0.717, 1.165) is 44.8 Å². The van der Waals surface area contributed by atoms with Crippen LogP contribution in [0.3, 0.4) is 0 Å². The third kappa shape index (κ3) is 2.56. The average molecular weight is 260 g/mol. The van der Waals surface area contributed by atoms with Crippen molar-refractivity contribution in [2.45, 2.75) is 25.4 Å². The van der Waals surface area contributed by atoms with Gasteiger partial charge in [-0.2, -0.15) is 0 Å². The minimum absolute atomic E-state index is 0.339. The molecule has 0 spiro atoms. The molecule has 1 aromatic rings. The Balaban J connectivity index is 1.63. The average Bonchev–Trinajstić information content (AvgIpc) is 2.80. The van der Waals surface area contributed by atoms with Gasteiger partial charge in [-0.3, -0.25) is 9.69 Å². The van der Waals surface area contributed by atoms with Gasteiger partial charge in [-0.15, -0.1) is 0 Å². The molecular weight excluding hydrogens is 240 g/mol. The molecule has 3 rings (SSSR count). The third-order valence-electron chi connectivity index (χ3n) is 4.07. The topological polar surface area (TPSA) is 48.5 Å². The third-order valence-corrected chi connectivity index (χ3v) is 4.07. The lowest BCUT2D eigenvalue weighted by Gasteiger charge is -2.37. The molecular formula is C14H20N4O. The first-order valence-corrected chi connectivity index (χ1v) is 6.91. The van der Waals surface area contributed by atoms with Gasteiger partial charge in [0.2, 0.25) is 5.91 Å². The van der Waals surface area contributed by atoms with Crippen LogP contribution in [0.4, 0.5) is 5.82 Å². The van der Waals surface area contributed by atoms with E-state index >= 15 is 0 Å². The van der Waals surface area contributed by atoms with E-state index in [4.69, 9.17) is 0 Å². The van der Waals surface area contributed by atoms with Crippen LogP contribution in [0, 0.1) is 0 Å². The highest BCUT2D eigenvalue weighted by Gasteiger charge is 2.35. The lowest BCUT2D eigenvalue weighted by Crippen LogP contribution is -2.50. The minimum Gasteiger partial charge on any atom is -0.373 e. The van der Waals surface area contributed by atoms with Crippen LogP contribution in [0.2, 0.25) is 0 Å². The fourth-order valence-electron chi connectivity index (χ4n) is 3.04. The lowest BCUT2D eigenvalue weighted by molar-refractivity contribution is -0.130. The molecule has 102 valence electrons. The summed E-state index contributed by atoms with van der Waals surface area (Å²) in [7, 11) is 1.88. The number of amides is 1. The molecule has 1 unspecified atom stereocenters. The number of rotatable bonds is 3. The molecule has 0 saturated carbocycles. The van der Waals surface area contributed by atoms with Crippen LogP contribution >= 0.6 is 0 Å². The van der Waals surface area contributed by atoms with Crippen LogP contribution in [0.1, 0.15) is 18.4 Å². The summed E-state index contributed by atoms with van der Waals surface area (Å²) < 4.78 is 0. The predicted molar refractivity (Wildman–Crippen MR) is 73.8 cm³/mol. The Morgan fingerprint density at radius 1 is 1.47 bits per heavy atom. The Hall–Kier alpha value is -1.62. The number of nitrogens with zero attached hydrogens (tertiary/aromatic N) is 3. The maximum atomic E-state index is 11.6. The van der Waals surface area contributed by atoms with Crippen molar-refractivity contribution in [1.82, 2.24) is 14.8 Å². The molecule has 5 heteroatoms. The van der Waals surface area contributed by atoms with Crippen molar-refractivity contribution >= 4 is 11.7 Å². The molecule has 0 aliphatic carbocycles. The van der Waals surface area contributed by atoms with Gasteiger partial charge in [0.15, 0.2) is 0 Å². The van der Waals surface area contributed by atoms with Crippen molar-refractivity contribution in [3.8, 4) is 0 Å². The maximum Gasteiger partial charge on any atom is 0.222 e. The molecule has 1 atom stereocenters. The second-order valence-corrected chi connectivity index (χ2v) is 5.31. The Labute approximate surface area is 113 Å². The Morgan fingerprint density at radius 2 is 2.37 bits per heavy atom. The number of carbonyl (C=O) groups excluding carboxylic acids is 1. The van der Waals surface area contributed by atoms with E-state index in [-0.39, 0.29) is 0 Å². The van der Waals surface area contributed by atoms with Crippen molar-refractivity contribution in [3.05, 3.63) is 23.9 Å². The van der Waals surface area contributed by atoms with E-state index < -0.39 is 0 Å². The van der Waals surface area contributed by atoms with E-state index in [0.29, 0.717) is 11.9 Å². The van der Waals surface area contributed by atoms with Crippen LogP contribution in [-0.2, 0) is 11.3 Å². The number of pyridine rings is 1. The zero-order valence-corrected chi connectivity index (χ0v) is 11.3. The van der Waals surface area contributed by atoms with E-state index in [1.165, 1.54) is 5.56 Å². The van der Waals surface area contributed by atoms with E-state index in [2.05, 4.69) is 32.2 Å². The molecule has 1 aromatic heterocycles. The van der Waals surface area contributed by atoms with Gasteiger partial charge in [0.05, 0.1) is 0 Å². The standard InChI is InChI=1S/C14H20N4O/c1-15-13-8-11(4-5-16-13)9-17-6-7-18-12(10-17)2-3-14(18)19/h4-5,8,12H,2-3,6-7,9-10H2,1H3,(H,15,16). The van der Waals surface area contributed by atoms with Crippen molar-refractivity contribution in [1.29, 1.82) is 0 Å². The van der Waals surface area contributed by atoms with Gasteiger partial charge in [-0.25, -0.2) is 4.98 Å². The molecule has 0 aromatic carbocycles. The molecule has 1 N–H and O–H groups in total. The van der Waals surface area contributed by atoms with Crippen LogP contribution < -0.4 is 5.32 Å². The summed E-state index contributed by atoms with van der Waals surface area (Å²) >= 11 is 0. The van der Waals surface area contributed by atoms with Gasteiger partial charge in [0.25, 0.3) is 0 Å². The number of aromatic nitrogens is 1. The van der Waals surface area contributed by atoms with Crippen LogP contribution in [-0.4, -0.2) is 53.4 Å². The van der Waals surface area contributed by atoms with Crippen molar-refractivity contribution in [2.75, 3.05) is 32.0 Å². The molecule has 2 saturated heterocycles. The highest BCUT2D eigenvalue weighted by Crippen LogP contribution is 2.23. The second kappa shape index (κ2) is 5.17. The molecule has 3 heterocycles. The Morgan fingerprint density at radius 3 is 3.21 bits per heavy atom. The van der Waals surface area contributed by atoms with Gasteiger partial charge in [-0.1, -0.05) is 0 Å². The second-order valence-electron chi connectivity index (χ2n) is 5.31. The maximum absolute atomic E-state index is 11.6. The number of fused-ring (bicyclic) bond motifs is 1. The summed E-state index contributed by atoms with van der Waals surface area (Å²) in [5, 5.41) is 3.06. The number of nitrogens with one attached hydrogen (secondary N) is 1. The number of hydrogen-bond acceptors (Lipinski definition) is 4. The molecule has 0 bridgehead atoms. The molecule has 1 amide bonds. The number of anilines is 1. The Kier molecular flexibility index (Phi) is 3.38. The van der Waals surface area contributed by atoms with Crippen LogP contribution in [0.15, 0.2) is 18.3 Å². The van der Waals surface area contributed by atoms with Gasteiger partial charge in [0.1, 0.15) is 5.82 Å². The summed E-state index contributed by atoms with van der Waals surface area (Å²) in [4.78, 5) is 20.4. The Bertz CT molecular complexity index is 476. The molecule has 2 fully saturated rings. The first kappa shape index (κ1) is 12.4. The summed E-state index contributed by atoms with van der Waals surface area (Å²) in [5.74, 6) is 1.25. The molecule has 2 aliphatic heterocycles. The fraction of sp³-hybridized carbons (Fsp3) is 0.571. The molecule has 2 aliphatic rings. The van der Waals surface area contributed by atoms with Crippen molar-refractivity contribution < 1.29 is 4.79 Å². The lowest BCUT2D eigenvalue weighted by atomic mass is 10.1. The molecule has 5 nitrogen and oxygen atoms in total. The smallest absolute Gasteiger partial charge is 0.222 e. The normalized spacial score (nSPS) is 23.5. The number of piperazine rings is 1. The summed E-state index contributed by atoms with van der Waals surface area (Å²) in [6, 6.07) is 4.59. The van der Waals surface area contributed by atoms with Crippen LogP contribution in [0.5, 0.6) is 0 Å². The largest absolute Gasteiger partial charge is 0.373 e. The summed E-state index contributed by atoms with van der Waals surface area (Å²) in [5.41, 5.74) is 1.28. The monoisotopic (exact) mass is 260 g/mol. The van der Waals surface area contributed by atoms with Gasteiger partial charge in [-0.05, 0) is 24.1 Å². The zero-order chi connectivity index (χ0) is 13.2. The SMILES string of the molecule is CNc1cc(CN2CCN3C(=O)CCC3C2)ccn1. The van der Waals surface area contributed by atoms with Gasteiger partial charge >= 0.3 is 0 Å². The van der Waals surface area contributed by atoms with E-state index in [1.54, 1.807) is 0 Å².